The van der Waals surface area contributed by atoms with Gasteiger partial charge in [-0.25, -0.2) is 4.79 Å². The molecule has 86 valence electrons. The molecule has 0 saturated heterocycles. The zero-order valence-electron chi connectivity index (χ0n) is 8.98. The van der Waals surface area contributed by atoms with E-state index in [1.807, 2.05) is 0 Å². The molecular weight excluding hydrogens is 230 g/mol. The lowest BCUT2D eigenvalue weighted by Crippen LogP contribution is -2.08. The van der Waals surface area contributed by atoms with Gasteiger partial charge >= 0.3 is 5.76 Å². The van der Waals surface area contributed by atoms with Gasteiger partial charge in [-0.3, -0.25) is 4.57 Å². The van der Waals surface area contributed by atoms with Gasteiger partial charge in [-0.15, -0.1) is 11.6 Å². The number of hydrogen-bond donors (Lipinski definition) is 1. The molecule has 0 bridgehead atoms. The number of rotatable bonds is 2. The van der Waals surface area contributed by atoms with Crippen molar-refractivity contribution < 1.29 is 9.52 Å². The minimum Gasteiger partial charge on any atom is -0.408 e. The van der Waals surface area contributed by atoms with Crippen LogP contribution in [-0.2, 0) is 7.05 Å². The highest BCUT2D eigenvalue weighted by molar-refractivity contribution is 6.20. The van der Waals surface area contributed by atoms with Gasteiger partial charge in [0, 0.05) is 7.05 Å². The van der Waals surface area contributed by atoms with E-state index in [9.17, 15) is 9.90 Å². The topological polar surface area (TPSA) is 55.4 Å². The second-order valence-electron chi connectivity index (χ2n) is 3.78. The molecule has 0 aliphatic rings. The van der Waals surface area contributed by atoms with Gasteiger partial charge in [-0.05, 0) is 24.6 Å². The van der Waals surface area contributed by atoms with Crippen LogP contribution in [0.25, 0.3) is 11.1 Å². The van der Waals surface area contributed by atoms with Gasteiger partial charge in [0.25, 0.3) is 0 Å². The molecule has 1 aromatic carbocycles. The Morgan fingerprint density at radius 1 is 1.50 bits per heavy atom. The molecule has 0 aliphatic carbocycles. The van der Waals surface area contributed by atoms with Crippen molar-refractivity contribution in [1.29, 1.82) is 0 Å². The van der Waals surface area contributed by atoms with Gasteiger partial charge in [0.15, 0.2) is 5.58 Å². The van der Waals surface area contributed by atoms with Gasteiger partial charge in [0.05, 0.1) is 17.0 Å². The molecule has 0 fully saturated rings. The fourth-order valence-corrected chi connectivity index (χ4v) is 1.75. The van der Waals surface area contributed by atoms with E-state index in [4.69, 9.17) is 16.0 Å². The summed E-state index contributed by atoms with van der Waals surface area (Å²) in [5.74, 6) is -0.416. The lowest BCUT2D eigenvalue weighted by molar-refractivity contribution is 0.177. The van der Waals surface area contributed by atoms with Crippen molar-refractivity contribution in [3.8, 4) is 0 Å². The number of aryl methyl sites for hydroxylation is 1. The third-order valence-electron chi connectivity index (χ3n) is 2.59. The largest absolute Gasteiger partial charge is 0.419 e. The molecule has 5 heteroatoms. The first-order valence-corrected chi connectivity index (χ1v) is 5.36. The Morgan fingerprint density at radius 3 is 2.81 bits per heavy atom. The Morgan fingerprint density at radius 2 is 2.19 bits per heavy atom. The summed E-state index contributed by atoms with van der Waals surface area (Å²) < 4.78 is 6.43. The Bertz CT molecular complexity index is 570. The van der Waals surface area contributed by atoms with Crippen molar-refractivity contribution in [2.45, 2.75) is 18.4 Å². The van der Waals surface area contributed by atoms with Crippen LogP contribution in [0.1, 0.15) is 18.6 Å². The van der Waals surface area contributed by atoms with E-state index in [-0.39, 0.29) is 0 Å². The zero-order chi connectivity index (χ0) is 11.9. The van der Waals surface area contributed by atoms with Crippen LogP contribution in [0, 0.1) is 0 Å². The Hall–Kier alpha value is -1.26. The molecule has 4 nitrogen and oxygen atoms in total. The number of alkyl halides is 1. The maximum atomic E-state index is 11.3. The number of halogens is 1. The zero-order valence-corrected chi connectivity index (χ0v) is 9.73. The summed E-state index contributed by atoms with van der Waals surface area (Å²) in [6.45, 7) is 1.71. The maximum Gasteiger partial charge on any atom is 0.419 e. The lowest BCUT2D eigenvalue weighted by Gasteiger charge is -2.12. The van der Waals surface area contributed by atoms with Gasteiger partial charge in [-0.2, -0.15) is 0 Å². The molecule has 1 N–H and O–H groups in total. The fourth-order valence-electron chi connectivity index (χ4n) is 1.60. The third kappa shape index (κ3) is 1.74. The molecule has 0 spiro atoms. The van der Waals surface area contributed by atoms with E-state index < -0.39 is 17.2 Å². The Balaban J connectivity index is 2.57. The quantitative estimate of drug-likeness (QED) is 0.816. The van der Waals surface area contributed by atoms with E-state index in [1.54, 1.807) is 32.2 Å². The number of nitrogens with zero attached hydrogens (tertiary/aromatic N) is 1. The number of benzene rings is 1. The number of aliphatic hydroxyl groups is 1. The second kappa shape index (κ2) is 3.96. The molecule has 2 aromatic rings. The van der Waals surface area contributed by atoms with Crippen LogP contribution in [0.2, 0.25) is 0 Å². The molecule has 1 heterocycles. The average Bonchev–Trinajstić information content (AvgIpc) is 2.53. The molecule has 2 unspecified atom stereocenters. The summed E-state index contributed by atoms with van der Waals surface area (Å²) in [7, 11) is 1.63. The number of hydrogen-bond acceptors (Lipinski definition) is 3. The van der Waals surface area contributed by atoms with Crippen LogP contribution < -0.4 is 5.76 Å². The van der Waals surface area contributed by atoms with Crippen LogP contribution in [0.5, 0.6) is 0 Å². The first-order chi connectivity index (χ1) is 7.50. The summed E-state index contributed by atoms with van der Waals surface area (Å²) in [4.78, 5) is 11.3. The van der Waals surface area contributed by atoms with Crippen molar-refractivity contribution in [3.05, 3.63) is 34.3 Å². The predicted octanol–water partition coefficient (Wildman–Crippen LogP) is 1.79. The molecule has 0 radical (unpaired) electrons. The van der Waals surface area contributed by atoms with Crippen LogP contribution >= 0.6 is 11.6 Å². The van der Waals surface area contributed by atoms with E-state index in [2.05, 4.69) is 0 Å². The monoisotopic (exact) mass is 241 g/mol. The lowest BCUT2D eigenvalue weighted by atomic mass is 10.1. The molecule has 2 atom stereocenters. The predicted molar refractivity (Wildman–Crippen MR) is 61.7 cm³/mol. The first-order valence-electron chi connectivity index (χ1n) is 4.92. The van der Waals surface area contributed by atoms with Crippen molar-refractivity contribution in [2.24, 2.45) is 7.05 Å². The fraction of sp³-hybridized carbons (Fsp3) is 0.364. The first kappa shape index (κ1) is 11.2. The third-order valence-corrected chi connectivity index (χ3v) is 2.83. The van der Waals surface area contributed by atoms with E-state index in [0.29, 0.717) is 16.7 Å². The molecule has 0 saturated carbocycles. The summed E-state index contributed by atoms with van der Waals surface area (Å²) >= 11 is 5.80. The van der Waals surface area contributed by atoms with Gasteiger partial charge < -0.3 is 9.52 Å². The van der Waals surface area contributed by atoms with E-state index in [0.717, 1.165) is 0 Å². The van der Waals surface area contributed by atoms with Crippen LogP contribution in [-0.4, -0.2) is 15.1 Å². The van der Waals surface area contributed by atoms with E-state index >= 15 is 0 Å². The second-order valence-corrected chi connectivity index (χ2v) is 4.46. The molecule has 16 heavy (non-hydrogen) atoms. The van der Waals surface area contributed by atoms with Crippen LogP contribution in [0.4, 0.5) is 0 Å². The standard InChI is InChI=1S/C11H12ClNO3/c1-6(12)10(14)7-3-4-8-9(5-7)16-11(15)13(8)2/h3-6,10,14H,1-2H3. The highest BCUT2D eigenvalue weighted by atomic mass is 35.5. The molecule has 0 amide bonds. The summed E-state index contributed by atoms with van der Waals surface area (Å²) in [6, 6.07) is 5.11. The van der Waals surface area contributed by atoms with Crippen LogP contribution in [0.3, 0.4) is 0 Å². The van der Waals surface area contributed by atoms with Gasteiger partial charge in [-0.1, -0.05) is 6.07 Å². The highest BCUT2D eigenvalue weighted by Crippen LogP contribution is 2.24. The van der Waals surface area contributed by atoms with Crippen LogP contribution in [0.15, 0.2) is 27.4 Å². The van der Waals surface area contributed by atoms with Crippen molar-refractivity contribution >= 4 is 22.7 Å². The minimum absolute atomic E-state index is 0.395. The molecule has 0 aliphatic heterocycles. The smallest absolute Gasteiger partial charge is 0.408 e. The number of fused-ring (bicyclic) bond motifs is 1. The van der Waals surface area contributed by atoms with E-state index in [1.165, 1.54) is 4.57 Å². The average molecular weight is 242 g/mol. The SMILES string of the molecule is CC(Cl)C(O)c1ccc2c(c1)oc(=O)n2C. The molecule has 1 aromatic heterocycles. The summed E-state index contributed by atoms with van der Waals surface area (Å²) in [5, 5.41) is 9.38. The van der Waals surface area contributed by atoms with Crippen molar-refractivity contribution in [2.75, 3.05) is 0 Å². The van der Waals surface area contributed by atoms with Crippen molar-refractivity contribution in [3.63, 3.8) is 0 Å². The number of oxazole rings is 1. The molecule has 2 rings (SSSR count). The molecular formula is C11H12ClNO3. The minimum atomic E-state index is -0.767. The summed E-state index contributed by atoms with van der Waals surface area (Å²) in [5.41, 5.74) is 1.80. The maximum absolute atomic E-state index is 11.3. The van der Waals surface area contributed by atoms with Crippen molar-refractivity contribution in [1.82, 2.24) is 4.57 Å². The Kier molecular flexibility index (Phi) is 2.78. The summed E-state index contributed by atoms with van der Waals surface area (Å²) in [6.07, 6.45) is -0.767. The number of aliphatic hydroxyl groups excluding tert-OH is 1. The normalized spacial score (nSPS) is 15.2. The van der Waals surface area contributed by atoms with Gasteiger partial charge in [0.1, 0.15) is 0 Å². The number of aromatic nitrogens is 1. The Labute approximate surface area is 97.1 Å². The van der Waals surface area contributed by atoms with Gasteiger partial charge in [0.2, 0.25) is 0 Å². The highest BCUT2D eigenvalue weighted by Gasteiger charge is 2.15.